The van der Waals surface area contributed by atoms with E-state index in [0.29, 0.717) is 24.7 Å². The quantitative estimate of drug-likeness (QED) is 0.337. The van der Waals surface area contributed by atoms with E-state index in [4.69, 9.17) is 9.47 Å². The molecule has 10 heteroatoms. The van der Waals surface area contributed by atoms with Crippen LogP contribution in [0.15, 0.2) is 24.3 Å². The standard InChI is InChI=1S/C16H27NO4.C16H21NO4/c2*1-16(2,3)21-15(20)17-13(14(18)19)12-8-10-6-4-5-7-11(10)9-12/h10-13H,4-9H2,1-3H3,(H,17,20)(H,18,19);4-7,12-13H,8-9H2,1-3H3,(H,17,20)(H,18,19)/t10?,11?,12?,13-;13-/m00/s1. The van der Waals surface area contributed by atoms with E-state index in [1.807, 2.05) is 24.3 Å². The van der Waals surface area contributed by atoms with Gasteiger partial charge < -0.3 is 30.3 Å². The molecule has 2 fully saturated rings. The fourth-order valence-electron chi connectivity index (χ4n) is 6.51. The van der Waals surface area contributed by atoms with Crippen LogP contribution in [0.25, 0.3) is 0 Å². The Labute approximate surface area is 248 Å². The van der Waals surface area contributed by atoms with Crippen LogP contribution in [-0.4, -0.2) is 57.6 Å². The molecule has 1 aromatic carbocycles. The first kappa shape index (κ1) is 33.2. The number of carboxylic acid groups (broad SMARTS) is 2. The molecule has 0 radical (unpaired) electrons. The number of fused-ring (bicyclic) bond motifs is 2. The van der Waals surface area contributed by atoms with Crippen LogP contribution in [0, 0.1) is 23.7 Å². The second-order valence-corrected chi connectivity index (χ2v) is 13.9. The minimum Gasteiger partial charge on any atom is -0.480 e. The van der Waals surface area contributed by atoms with Gasteiger partial charge in [-0.15, -0.1) is 0 Å². The molecular formula is C32H48N2O8. The van der Waals surface area contributed by atoms with Gasteiger partial charge in [-0.25, -0.2) is 19.2 Å². The number of carbonyl (C=O) groups excluding carboxylic acids is 2. The number of ether oxygens (including phenoxy) is 2. The first-order chi connectivity index (χ1) is 19.5. The third-order valence-electron chi connectivity index (χ3n) is 8.18. The summed E-state index contributed by atoms with van der Waals surface area (Å²) in [5.74, 6) is -0.809. The maximum atomic E-state index is 11.8. The number of aliphatic carboxylic acids is 2. The molecule has 0 bridgehead atoms. The number of amides is 2. The number of hydrogen-bond donors (Lipinski definition) is 4. The lowest BCUT2D eigenvalue weighted by atomic mass is 9.82. The van der Waals surface area contributed by atoms with Crippen molar-refractivity contribution in [2.45, 2.75) is 116 Å². The summed E-state index contributed by atoms with van der Waals surface area (Å²) in [6.07, 6.45) is 6.74. The highest BCUT2D eigenvalue weighted by molar-refractivity contribution is 5.81. The van der Waals surface area contributed by atoms with Gasteiger partial charge in [0.25, 0.3) is 0 Å². The van der Waals surface area contributed by atoms with Crippen molar-refractivity contribution in [2.24, 2.45) is 23.7 Å². The molecule has 4 rings (SSSR count). The molecule has 0 saturated heterocycles. The monoisotopic (exact) mass is 588 g/mol. The molecule has 1 aromatic rings. The zero-order valence-corrected chi connectivity index (χ0v) is 25.8. The summed E-state index contributed by atoms with van der Waals surface area (Å²) in [4.78, 5) is 46.6. The third kappa shape index (κ3) is 9.91. The second kappa shape index (κ2) is 13.8. The molecule has 0 spiro atoms. The summed E-state index contributed by atoms with van der Waals surface area (Å²) in [6, 6.07) is 6.12. The average molecular weight is 589 g/mol. The Morgan fingerprint density at radius 2 is 1.10 bits per heavy atom. The molecule has 10 nitrogen and oxygen atoms in total. The Hall–Kier alpha value is -3.30. The van der Waals surface area contributed by atoms with Crippen LogP contribution in [0.1, 0.15) is 91.2 Å². The second-order valence-electron chi connectivity index (χ2n) is 13.9. The number of alkyl carbamates (subject to hydrolysis) is 2. The summed E-state index contributed by atoms with van der Waals surface area (Å²) in [6.45, 7) is 10.5. The van der Waals surface area contributed by atoms with Crippen molar-refractivity contribution in [1.29, 1.82) is 0 Å². The predicted molar refractivity (Wildman–Crippen MR) is 157 cm³/mol. The Bertz CT molecular complexity index is 1080. The Morgan fingerprint density at radius 3 is 1.45 bits per heavy atom. The van der Waals surface area contributed by atoms with Crippen LogP contribution >= 0.6 is 0 Å². The van der Waals surface area contributed by atoms with Gasteiger partial charge in [-0.3, -0.25) is 0 Å². The molecular weight excluding hydrogens is 540 g/mol. The third-order valence-corrected chi connectivity index (χ3v) is 8.18. The topological polar surface area (TPSA) is 151 Å². The van der Waals surface area contributed by atoms with Crippen LogP contribution < -0.4 is 10.6 Å². The molecule has 3 aliphatic rings. The van der Waals surface area contributed by atoms with Crippen molar-refractivity contribution >= 4 is 24.1 Å². The lowest BCUT2D eigenvalue weighted by Crippen LogP contribution is -2.48. The maximum absolute atomic E-state index is 11.8. The summed E-state index contributed by atoms with van der Waals surface area (Å²) < 4.78 is 10.3. The molecule has 42 heavy (non-hydrogen) atoms. The van der Waals surface area contributed by atoms with Gasteiger partial charge in [0.15, 0.2) is 0 Å². The van der Waals surface area contributed by atoms with E-state index in [1.54, 1.807) is 41.5 Å². The van der Waals surface area contributed by atoms with Crippen LogP contribution in [0.3, 0.4) is 0 Å². The van der Waals surface area contributed by atoms with Crippen LogP contribution in [0.5, 0.6) is 0 Å². The molecule has 0 aromatic heterocycles. The highest BCUT2D eigenvalue weighted by Gasteiger charge is 2.42. The van der Waals surface area contributed by atoms with E-state index in [1.165, 1.54) is 25.7 Å². The largest absolute Gasteiger partial charge is 0.480 e. The zero-order valence-electron chi connectivity index (χ0n) is 25.8. The van der Waals surface area contributed by atoms with E-state index in [2.05, 4.69) is 10.6 Å². The number of hydrogen-bond acceptors (Lipinski definition) is 6. The number of nitrogens with one attached hydrogen (secondary N) is 2. The van der Waals surface area contributed by atoms with Crippen molar-refractivity contribution in [3.8, 4) is 0 Å². The van der Waals surface area contributed by atoms with Gasteiger partial charge in [0.1, 0.15) is 23.3 Å². The normalized spacial score (nSPS) is 23.2. The van der Waals surface area contributed by atoms with Crippen molar-refractivity contribution < 1.29 is 38.9 Å². The van der Waals surface area contributed by atoms with E-state index in [-0.39, 0.29) is 11.8 Å². The van der Waals surface area contributed by atoms with Crippen molar-refractivity contribution in [1.82, 2.24) is 10.6 Å². The SMILES string of the molecule is CC(C)(C)OC(=O)N[C@H](C(=O)O)C1CC2CCCCC2C1.CC(C)(C)OC(=O)N[C@H](C(=O)O)C1Cc2ccccc2C1. The minimum atomic E-state index is -1.03. The summed E-state index contributed by atoms with van der Waals surface area (Å²) >= 11 is 0. The van der Waals surface area contributed by atoms with Gasteiger partial charge >= 0.3 is 24.1 Å². The fraction of sp³-hybridized carbons (Fsp3) is 0.688. The molecule has 234 valence electrons. The molecule has 4 atom stereocenters. The van der Waals surface area contributed by atoms with E-state index < -0.39 is 47.4 Å². The predicted octanol–water partition coefficient (Wildman–Crippen LogP) is 5.56. The molecule has 0 heterocycles. The minimum absolute atomic E-state index is 0.0307. The van der Waals surface area contributed by atoms with Gasteiger partial charge in [-0.1, -0.05) is 49.9 Å². The van der Waals surface area contributed by atoms with Crippen LogP contribution in [0.2, 0.25) is 0 Å². The number of carbonyl (C=O) groups is 4. The number of carboxylic acids is 2. The molecule has 3 aliphatic carbocycles. The first-order valence-electron chi connectivity index (χ1n) is 15.0. The smallest absolute Gasteiger partial charge is 0.408 e. The van der Waals surface area contributed by atoms with Gasteiger partial charge in [0, 0.05) is 0 Å². The number of benzene rings is 1. The zero-order chi connectivity index (χ0) is 31.2. The molecule has 4 N–H and O–H groups in total. The van der Waals surface area contributed by atoms with Gasteiger partial charge in [-0.05, 0) is 102 Å². The Balaban J connectivity index is 0.000000230. The Kier molecular flexibility index (Phi) is 10.9. The summed E-state index contributed by atoms with van der Waals surface area (Å²) in [7, 11) is 0. The molecule has 0 aliphatic heterocycles. The number of rotatable bonds is 6. The van der Waals surface area contributed by atoms with E-state index in [0.717, 1.165) is 24.0 Å². The van der Waals surface area contributed by atoms with Crippen LogP contribution in [-0.2, 0) is 31.9 Å². The lowest BCUT2D eigenvalue weighted by Gasteiger charge is -2.24. The molecule has 2 saturated carbocycles. The van der Waals surface area contributed by atoms with Gasteiger partial charge in [0.2, 0.25) is 0 Å². The van der Waals surface area contributed by atoms with Crippen molar-refractivity contribution in [2.75, 3.05) is 0 Å². The van der Waals surface area contributed by atoms with Gasteiger partial charge in [0.05, 0.1) is 0 Å². The average Bonchev–Trinajstić information content (AvgIpc) is 3.48. The van der Waals surface area contributed by atoms with Crippen molar-refractivity contribution in [3.05, 3.63) is 35.4 Å². The molecule has 2 unspecified atom stereocenters. The first-order valence-corrected chi connectivity index (χ1v) is 15.0. The summed E-state index contributed by atoms with van der Waals surface area (Å²) in [5, 5.41) is 23.9. The van der Waals surface area contributed by atoms with Crippen LogP contribution in [0.4, 0.5) is 9.59 Å². The highest BCUT2D eigenvalue weighted by Crippen LogP contribution is 2.46. The van der Waals surface area contributed by atoms with Gasteiger partial charge in [-0.2, -0.15) is 0 Å². The highest BCUT2D eigenvalue weighted by atomic mass is 16.6. The summed E-state index contributed by atoms with van der Waals surface area (Å²) in [5.41, 5.74) is 1.04. The fourth-order valence-corrected chi connectivity index (χ4v) is 6.51. The Morgan fingerprint density at radius 1 is 0.714 bits per heavy atom. The lowest BCUT2D eigenvalue weighted by molar-refractivity contribution is -0.141. The maximum Gasteiger partial charge on any atom is 0.408 e. The molecule has 2 amide bonds. The van der Waals surface area contributed by atoms with E-state index in [9.17, 15) is 29.4 Å². The van der Waals surface area contributed by atoms with Crippen molar-refractivity contribution in [3.63, 3.8) is 0 Å². The van der Waals surface area contributed by atoms with E-state index >= 15 is 0 Å².